The van der Waals surface area contributed by atoms with Crippen LogP contribution >= 0.6 is 27.5 Å². The van der Waals surface area contributed by atoms with Crippen LogP contribution in [0.5, 0.6) is 0 Å². The molecule has 0 spiro atoms. The summed E-state index contributed by atoms with van der Waals surface area (Å²) in [6, 6.07) is 6.45. The Balaban J connectivity index is 2.25. The zero-order valence-electron chi connectivity index (χ0n) is 10.4. The highest BCUT2D eigenvalue weighted by Gasteiger charge is 2.36. The second-order valence-corrected chi connectivity index (χ2v) is 7.95. The van der Waals surface area contributed by atoms with Crippen LogP contribution in [0.15, 0.2) is 29.2 Å². The molecule has 1 aliphatic heterocycles. The van der Waals surface area contributed by atoms with Gasteiger partial charge in [0.2, 0.25) is 0 Å². The first-order valence-corrected chi connectivity index (χ1v) is 9.25. The van der Waals surface area contributed by atoms with Crippen LogP contribution in [0.2, 0.25) is 5.02 Å². The highest BCUT2D eigenvalue weighted by atomic mass is 79.9. The lowest BCUT2D eigenvalue weighted by atomic mass is 9.85. The van der Waals surface area contributed by atoms with E-state index in [4.69, 9.17) is 16.3 Å². The number of halogens is 2. The Morgan fingerprint density at radius 3 is 2.58 bits per heavy atom. The predicted octanol–water partition coefficient (Wildman–Crippen LogP) is 3.31. The van der Waals surface area contributed by atoms with Gasteiger partial charge in [-0.15, -0.1) is 0 Å². The van der Waals surface area contributed by atoms with Gasteiger partial charge in [0, 0.05) is 23.6 Å². The fraction of sp³-hybridized carbons (Fsp3) is 0.538. The van der Waals surface area contributed by atoms with Crippen LogP contribution in [0.1, 0.15) is 12.8 Å². The number of hydrogen-bond acceptors (Lipinski definition) is 3. The molecule has 0 aromatic heterocycles. The number of ether oxygens (including phenoxy) is 1. The molecule has 1 fully saturated rings. The Morgan fingerprint density at radius 2 is 2.00 bits per heavy atom. The topological polar surface area (TPSA) is 43.4 Å². The standard InChI is InChI=1S/C13H16BrClO3S/c14-9-13(4-6-18-7-5-13)10-19(16,17)12-3-1-2-11(15)8-12/h1-3,8H,4-7,9-10H2. The van der Waals surface area contributed by atoms with Crippen molar-refractivity contribution in [2.45, 2.75) is 17.7 Å². The molecule has 106 valence electrons. The number of alkyl halides is 1. The van der Waals surface area contributed by atoms with E-state index in [9.17, 15) is 8.42 Å². The Kier molecular flexibility index (Phi) is 4.93. The maximum atomic E-state index is 12.5. The smallest absolute Gasteiger partial charge is 0.179 e. The Labute approximate surface area is 127 Å². The molecule has 0 saturated carbocycles. The molecule has 0 aliphatic carbocycles. The normalized spacial score (nSPS) is 19.3. The summed E-state index contributed by atoms with van der Waals surface area (Å²) in [5.41, 5.74) is -0.237. The van der Waals surface area contributed by atoms with Crippen molar-refractivity contribution in [1.82, 2.24) is 0 Å². The van der Waals surface area contributed by atoms with E-state index in [-0.39, 0.29) is 11.2 Å². The second-order valence-electron chi connectivity index (χ2n) is 4.96. The van der Waals surface area contributed by atoms with Crippen LogP contribution < -0.4 is 0 Å². The van der Waals surface area contributed by atoms with Gasteiger partial charge in [-0.25, -0.2) is 8.42 Å². The van der Waals surface area contributed by atoms with Gasteiger partial charge in [0.25, 0.3) is 0 Å². The van der Waals surface area contributed by atoms with E-state index >= 15 is 0 Å². The second kappa shape index (κ2) is 6.12. The summed E-state index contributed by atoms with van der Waals surface area (Å²) >= 11 is 9.33. The van der Waals surface area contributed by atoms with Crippen molar-refractivity contribution in [3.63, 3.8) is 0 Å². The predicted molar refractivity (Wildman–Crippen MR) is 79.8 cm³/mol. The molecule has 1 aliphatic rings. The molecule has 0 bridgehead atoms. The first-order valence-electron chi connectivity index (χ1n) is 6.10. The van der Waals surface area contributed by atoms with Gasteiger partial charge in [0.05, 0.1) is 10.6 Å². The average molecular weight is 368 g/mol. The molecule has 1 saturated heterocycles. The van der Waals surface area contributed by atoms with Crippen LogP contribution in [0, 0.1) is 5.41 Å². The van der Waals surface area contributed by atoms with Crippen LogP contribution in [-0.4, -0.2) is 32.7 Å². The largest absolute Gasteiger partial charge is 0.381 e. The zero-order chi connectivity index (χ0) is 13.9. The lowest BCUT2D eigenvalue weighted by Gasteiger charge is -2.35. The first-order chi connectivity index (χ1) is 8.97. The molecular weight excluding hydrogens is 352 g/mol. The Bertz CT molecular complexity index is 539. The summed E-state index contributed by atoms with van der Waals surface area (Å²) in [5, 5.41) is 1.12. The van der Waals surface area contributed by atoms with Crippen molar-refractivity contribution < 1.29 is 13.2 Å². The van der Waals surface area contributed by atoms with E-state index in [0.717, 1.165) is 12.8 Å². The minimum absolute atomic E-state index is 0.134. The van der Waals surface area contributed by atoms with Crippen molar-refractivity contribution in [2.75, 3.05) is 24.3 Å². The number of benzene rings is 1. The quantitative estimate of drug-likeness (QED) is 0.767. The molecule has 1 aromatic rings. The maximum absolute atomic E-state index is 12.5. The number of rotatable bonds is 4. The van der Waals surface area contributed by atoms with Crippen molar-refractivity contribution in [3.05, 3.63) is 29.3 Å². The Hall–Kier alpha value is -0.100. The van der Waals surface area contributed by atoms with E-state index < -0.39 is 9.84 Å². The molecule has 0 atom stereocenters. The van der Waals surface area contributed by atoms with E-state index in [0.29, 0.717) is 28.5 Å². The molecule has 2 rings (SSSR count). The van der Waals surface area contributed by atoms with Crippen molar-refractivity contribution in [3.8, 4) is 0 Å². The van der Waals surface area contributed by atoms with Crippen LogP contribution in [0.25, 0.3) is 0 Å². The van der Waals surface area contributed by atoms with E-state index in [1.807, 2.05) is 0 Å². The third-order valence-corrected chi connectivity index (χ3v) is 6.88. The van der Waals surface area contributed by atoms with Crippen molar-refractivity contribution in [2.24, 2.45) is 5.41 Å². The maximum Gasteiger partial charge on any atom is 0.179 e. The van der Waals surface area contributed by atoms with Gasteiger partial charge in [-0.3, -0.25) is 0 Å². The van der Waals surface area contributed by atoms with Crippen LogP contribution in [0.3, 0.4) is 0 Å². The summed E-state index contributed by atoms with van der Waals surface area (Å²) < 4.78 is 30.3. The fourth-order valence-electron chi connectivity index (χ4n) is 2.27. The third kappa shape index (κ3) is 3.72. The third-order valence-electron chi connectivity index (χ3n) is 3.49. The molecule has 1 aromatic carbocycles. The lowest BCUT2D eigenvalue weighted by molar-refractivity contribution is 0.0367. The molecular formula is C13H16BrClO3S. The zero-order valence-corrected chi connectivity index (χ0v) is 13.6. The van der Waals surface area contributed by atoms with E-state index in [1.165, 1.54) is 6.07 Å². The van der Waals surface area contributed by atoms with Crippen molar-refractivity contribution >= 4 is 37.4 Å². The number of hydrogen-bond donors (Lipinski definition) is 0. The lowest BCUT2D eigenvalue weighted by Crippen LogP contribution is -2.37. The van der Waals surface area contributed by atoms with Crippen LogP contribution in [-0.2, 0) is 14.6 Å². The first kappa shape index (κ1) is 15.3. The van der Waals surface area contributed by atoms with Gasteiger partial charge in [-0.2, -0.15) is 0 Å². The molecule has 19 heavy (non-hydrogen) atoms. The summed E-state index contributed by atoms with van der Waals surface area (Å²) in [6.45, 7) is 1.24. The summed E-state index contributed by atoms with van der Waals surface area (Å²) in [6.07, 6.45) is 1.52. The minimum atomic E-state index is -3.32. The molecule has 6 heteroatoms. The van der Waals surface area contributed by atoms with Gasteiger partial charge in [0.15, 0.2) is 9.84 Å². The molecule has 3 nitrogen and oxygen atoms in total. The van der Waals surface area contributed by atoms with Gasteiger partial charge >= 0.3 is 0 Å². The van der Waals surface area contributed by atoms with E-state index in [2.05, 4.69) is 15.9 Å². The summed E-state index contributed by atoms with van der Waals surface area (Å²) in [4.78, 5) is 0.298. The van der Waals surface area contributed by atoms with Gasteiger partial charge in [0.1, 0.15) is 0 Å². The molecule has 0 radical (unpaired) electrons. The summed E-state index contributed by atoms with van der Waals surface area (Å²) in [5.74, 6) is 0.134. The average Bonchev–Trinajstić information content (AvgIpc) is 2.39. The molecule has 1 heterocycles. The highest BCUT2D eigenvalue weighted by Crippen LogP contribution is 2.35. The molecule has 0 unspecified atom stereocenters. The van der Waals surface area contributed by atoms with Gasteiger partial charge in [-0.05, 0) is 36.5 Å². The highest BCUT2D eigenvalue weighted by molar-refractivity contribution is 9.09. The molecule has 0 N–H and O–H groups in total. The van der Waals surface area contributed by atoms with E-state index in [1.54, 1.807) is 18.2 Å². The monoisotopic (exact) mass is 366 g/mol. The molecule has 0 amide bonds. The van der Waals surface area contributed by atoms with Crippen molar-refractivity contribution in [1.29, 1.82) is 0 Å². The minimum Gasteiger partial charge on any atom is -0.381 e. The van der Waals surface area contributed by atoms with Gasteiger partial charge in [-0.1, -0.05) is 33.6 Å². The SMILES string of the molecule is O=S(=O)(CC1(CBr)CCOCC1)c1cccc(Cl)c1. The number of sulfone groups is 1. The fourth-order valence-corrected chi connectivity index (χ4v) is 5.50. The Morgan fingerprint density at radius 1 is 1.32 bits per heavy atom. The van der Waals surface area contributed by atoms with Crippen LogP contribution in [0.4, 0.5) is 0 Å². The summed E-state index contributed by atoms with van der Waals surface area (Å²) in [7, 11) is -3.32. The van der Waals surface area contributed by atoms with Gasteiger partial charge < -0.3 is 4.74 Å².